The number of aromatic nitrogens is 1. The minimum absolute atomic E-state index is 0.176. The van der Waals surface area contributed by atoms with Crippen LogP contribution in [0.1, 0.15) is 23.2 Å². The van der Waals surface area contributed by atoms with Gasteiger partial charge in [-0.3, -0.25) is 0 Å². The van der Waals surface area contributed by atoms with Gasteiger partial charge < -0.3 is 14.2 Å². The number of carbonyl (C=O) groups excluding carboxylic acids is 1. The smallest absolute Gasteiger partial charge is 0.331 e. The fourth-order valence-corrected chi connectivity index (χ4v) is 2.70. The quantitative estimate of drug-likeness (QED) is 0.573. The van der Waals surface area contributed by atoms with Gasteiger partial charge >= 0.3 is 5.97 Å². The van der Waals surface area contributed by atoms with Crippen molar-refractivity contribution < 1.29 is 19.0 Å². The van der Waals surface area contributed by atoms with Crippen molar-refractivity contribution in [2.45, 2.75) is 20.0 Å². The molecule has 0 N–H and O–H groups in total. The molecule has 0 saturated carbocycles. The van der Waals surface area contributed by atoms with E-state index in [1.54, 1.807) is 37.7 Å². The molecule has 0 aliphatic carbocycles. The zero-order valence-electron chi connectivity index (χ0n) is 13.4. The molecule has 2 aromatic rings. The summed E-state index contributed by atoms with van der Waals surface area (Å²) in [7, 11) is 3.12. The van der Waals surface area contributed by atoms with E-state index in [2.05, 4.69) is 4.98 Å². The second-order valence-electron chi connectivity index (χ2n) is 4.61. The Morgan fingerprint density at radius 1 is 1.30 bits per heavy atom. The minimum Gasteiger partial charge on any atom is -0.493 e. The lowest BCUT2D eigenvalue weighted by molar-refractivity contribution is -0.139. The van der Waals surface area contributed by atoms with E-state index in [1.165, 1.54) is 6.08 Å². The number of methoxy groups -OCH3 is 2. The summed E-state index contributed by atoms with van der Waals surface area (Å²) >= 11 is 1.57. The van der Waals surface area contributed by atoms with Crippen molar-refractivity contribution in [3.05, 3.63) is 45.9 Å². The van der Waals surface area contributed by atoms with Gasteiger partial charge in [0.2, 0.25) is 0 Å². The van der Waals surface area contributed by atoms with E-state index in [9.17, 15) is 4.79 Å². The molecule has 0 saturated heterocycles. The van der Waals surface area contributed by atoms with Crippen LogP contribution in [-0.2, 0) is 22.6 Å². The first-order valence-corrected chi connectivity index (χ1v) is 8.05. The molecule has 5 nitrogen and oxygen atoms in total. The molecule has 0 unspecified atom stereocenters. The van der Waals surface area contributed by atoms with Crippen LogP contribution in [0.15, 0.2) is 29.7 Å². The van der Waals surface area contributed by atoms with E-state index in [-0.39, 0.29) is 6.61 Å². The highest BCUT2D eigenvalue weighted by Gasteiger charge is 2.08. The van der Waals surface area contributed by atoms with Crippen LogP contribution in [0.5, 0.6) is 11.5 Å². The SMILES string of the molecule is CCc1nc(COC(=O)/C=C/c2cccc(OC)c2OC)cs1. The van der Waals surface area contributed by atoms with E-state index in [0.717, 1.165) is 22.7 Å². The van der Waals surface area contributed by atoms with Gasteiger partial charge in [0.25, 0.3) is 0 Å². The molecule has 6 heteroatoms. The van der Waals surface area contributed by atoms with Crippen molar-refractivity contribution in [2.75, 3.05) is 14.2 Å². The second kappa shape index (κ2) is 8.33. The maximum atomic E-state index is 11.8. The lowest BCUT2D eigenvalue weighted by Gasteiger charge is -2.09. The number of benzene rings is 1. The molecule has 0 aliphatic heterocycles. The zero-order chi connectivity index (χ0) is 16.7. The highest BCUT2D eigenvalue weighted by Crippen LogP contribution is 2.31. The first kappa shape index (κ1) is 17.0. The van der Waals surface area contributed by atoms with Gasteiger partial charge in [-0.05, 0) is 18.6 Å². The molecule has 0 atom stereocenters. The average molecular weight is 333 g/mol. The second-order valence-corrected chi connectivity index (χ2v) is 5.55. The Bertz CT molecular complexity index is 694. The van der Waals surface area contributed by atoms with Crippen molar-refractivity contribution in [1.82, 2.24) is 4.98 Å². The molecular weight excluding hydrogens is 314 g/mol. The third-order valence-corrected chi connectivity index (χ3v) is 4.14. The highest BCUT2D eigenvalue weighted by atomic mass is 32.1. The molecule has 0 radical (unpaired) electrons. The summed E-state index contributed by atoms with van der Waals surface area (Å²) < 4.78 is 15.7. The lowest BCUT2D eigenvalue weighted by atomic mass is 10.1. The van der Waals surface area contributed by atoms with Crippen molar-refractivity contribution >= 4 is 23.4 Å². The predicted molar refractivity (Wildman–Crippen MR) is 89.9 cm³/mol. The molecule has 0 fully saturated rings. The molecule has 0 amide bonds. The number of ether oxygens (including phenoxy) is 3. The van der Waals surface area contributed by atoms with Gasteiger partial charge in [0, 0.05) is 17.0 Å². The molecule has 0 spiro atoms. The molecule has 23 heavy (non-hydrogen) atoms. The summed E-state index contributed by atoms with van der Waals surface area (Å²) in [5.41, 5.74) is 1.51. The third kappa shape index (κ3) is 4.56. The Morgan fingerprint density at radius 2 is 2.13 bits per heavy atom. The van der Waals surface area contributed by atoms with Crippen molar-refractivity contribution in [1.29, 1.82) is 0 Å². The van der Waals surface area contributed by atoms with Gasteiger partial charge in [-0.25, -0.2) is 9.78 Å². The molecule has 2 rings (SSSR count). The Hall–Kier alpha value is -2.34. The van der Waals surface area contributed by atoms with Crippen LogP contribution in [0.2, 0.25) is 0 Å². The summed E-state index contributed by atoms with van der Waals surface area (Å²) in [6.45, 7) is 2.22. The van der Waals surface area contributed by atoms with Crippen LogP contribution in [0.4, 0.5) is 0 Å². The van der Waals surface area contributed by atoms with Gasteiger partial charge in [0.05, 0.1) is 24.9 Å². The van der Waals surface area contributed by atoms with Crippen molar-refractivity contribution in [3.63, 3.8) is 0 Å². The minimum atomic E-state index is -0.430. The van der Waals surface area contributed by atoms with E-state index in [1.807, 2.05) is 24.4 Å². The number of carbonyl (C=O) groups is 1. The fourth-order valence-electron chi connectivity index (χ4n) is 1.97. The summed E-state index contributed by atoms with van der Waals surface area (Å²) in [6.07, 6.45) is 3.89. The number of esters is 1. The van der Waals surface area contributed by atoms with Crippen molar-refractivity contribution in [3.8, 4) is 11.5 Å². The number of para-hydroxylation sites is 1. The van der Waals surface area contributed by atoms with Crippen LogP contribution < -0.4 is 9.47 Å². The third-order valence-electron chi connectivity index (χ3n) is 3.10. The summed E-state index contributed by atoms with van der Waals surface area (Å²) in [6, 6.07) is 5.45. The highest BCUT2D eigenvalue weighted by molar-refractivity contribution is 7.09. The van der Waals surface area contributed by atoms with E-state index >= 15 is 0 Å². The maximum Gasteiger partial charge on any atom is 0.331 e. The first-order valence-electron chi connectivity index (χ1n) is 7.17. The Morgan fingerprint density at radius 3 is 2.78 bits per heavy atom. The molecule has 0 bridgehead atoms. The van der Waals surface area contributed by atoms with Crippen LogP contribution in [0.3, 0.4) is 0 Å². The average Bonchev–Trinajstić information content (AvgIpc) is 3.05. The molecule has 1 aromatic heterocycles. The molecule has 1 heterocycles. The van der Waals surface area contributed by atoms with E-state index < -0.39 is 5.97 Å². The van der Waals surface area contributed by atoms with E-state index in [4.69, 9.17) is 14.2 Å². The number of thiazole rings is 1. The van der Waals surface area contributed by atoms with Gasteiger partial charge in [-0.2, -0.15) is 0 Å². The van der Waals surface area contributed by atoms with Crippen molar-refractivity contribution in [2.24, 2.45) is 0 Å². The van der Waals surface area contributed by atoms with Gasteiger partial charge in [-0.15, -0.1) is 11.3 Å². The van der Waals surface area contributed by atoms with Gasteiger partial charge in [-0.1, -0.05) is 19.1 Å². The molecule has 122 valence electrons. The van der Waals surface area contributed by atoms with Crippen LogP contribution in [0.25, 0.3) is 6.08 Å². The van der Waals surface area contributed by atoms with Crippen LogP contribution in [-0.4, -0.2) is 25.2 Å². The number of nitrogens with zero attached hydrogens (tertiary/aromatic N) is 1. The van der Waals surface area contributed by atoms with Crippen LogP contribution >= 0.6 is 11.3 Å². The molecule has 1 aromatic carbocycles. The Kier molecular flexibility index (Phi) is 6.17. The topological polar surface area (TPSA) is 57.7 Å². The molecular formula is C17H19NO4S. The Labute approximate surface area is 139 Å². The largest absolute Gasteiger partial charge is 0.493 e. The summed E-state index contributed by atoms with van der Waals surface area (Å²) in [5, 5.41) is 2.94. The number of hydrogen-bond acceptors (Lipinski definition) is 6. The van der Waals surface area contributed by atoms with Gasteiger partial charge in [0.1, 0.15) is 6.61 Å². The predicted octanol–water partition coefficient (Wildman–Crippen LogP) is 3.48. The molecule has 0 aliphatic rings. The van der Waals surface area contributed by atoms with Crippen LogP contribution in [0, 0.1) is 0 Å². The van der Waals surface area contributed by atoms with Gasteiger partial charge in [0.15, 0.2) is 11.5 Å². The first-order chi connectivity index (χ1) is 11.2. The fraction of sp³-hybridized carbons (Fsp3) is 0.294. The summed E-state index contributed by atoms with van der Waals surface area (Å²) in [5.74, 6) is 0.754. The zero-order valence-corrected chi connectivity index (χ0v) is 14.2. The normalized spacial score (nSPS) is 10.7. The maximum absolute atomic E-state index is 11.8. The number of aryl methyl sites for hydroxylation is 1. The number of hydrogen-bond donors (Lipinski definition) is 0. The Balaban J connectivity index is 1.98. The number of rotatable bonds is 7. The standard InChI is InChI=1S/C17H19NO4S/c1-4-15-18-13(11-23-15)10-22-16(19)9-8-12-6-5-7-14(20-2)17(12)21-3/h5-9,11H,4,10H2,1-3H3/b9-8+. The van der Waals surface area contributed by atoms with E-state index in [0.29, 0.717) is 11.5 Å². The summed E-state index contributed by atoms with van der Waals surface area (Å²) in [4.78, 5) is 16.2. The monoisotopic (exact) mass is 333 g/mol. The lowest BCUT2D eigenvalue weighted by Crippen LogP contribution is -2.01.